The highest BCUT2D eigenvalue weighted by atomic mass is 35.5. The van der Waals surface area contributed by atoms with Gasteiger partial charge in [-0.1, -0.05) is 23.7 Å². The summed E-state index contributed by atoms with van der Waals surface area (Å²) in [6, 6.07) is 7.41. The van der Waals surface area contributed by atoms with Crippen LogP contribution >= 0.6 is 11.6 Å². The molecule has 0 spiro atoms. The van der Waals surface area contributed by atoms with E-state index in [4.69, 9.17) is 16.7 Å². The summed E-state index contributed by atoms with van der Waals surface area (Å²) in [6.45, 7) is 6.87. The largest absolute Gasteiger partial charge is 0.396 e. The highest BCUT2D eigenvalue weighted by Crippen LogP contribution is 2.12. The molecule has 2 N–H and O–H groups in total. The molecular weight excluding hydrogens is 340 g/mol. The lowest BCUT2D eigenvalue weighted by molar-refractivity contribution is 0.151. The molecule has 25 heavy (non-hydrogen) atoms. The molecule has 2 amide bonds. The first-order valence-electron chi connectivity index (χ1n) is 8.87. The number of aliphatic hydroxyl groups excluding tert-OH is 1. The molecule has 0 bridgehead atoms. The van der Waals surface area contributed by atoms with E-state index in [1.807, 2.05) is 24.3 Å². The van der Waals surface area contributed by atoms with E-state index in [0.29, 0.717) is 31.1 Å². The number of carbonyl (C=O) groups is 1. The van der Waals surface area contributed by atoms with Crippen LogP contribution in [0.2, 0.25) is 5.02 Å². The highest BCUT2D eigenvalue weighted by Gasteiger charge is 2.16. The van der Waals surface area contributed by atoms with E-state index in [1.54, 1.807) is 4.90 Å². The maximum atomic E-state index is 12.5. The number of amides is 2. The summed E-state index contributed by atoms with van der Waals surface area (Å²) in [6.07, 6.45) is 0.569. The molecule has 0 unspecified atom stereocenters. The zero-order valence-electron chi connectivity index (χ0n) is 15.0. The van der Waals surface area contributed by atoms with Crippen molar-refractivity contribution in [2.75, 3.05) is 59.5 Å². The number of carbonyl (C=O) groups excluding carboxylic acids is 1. The van der Waals surface area contributed by atoms with Crippen molar-refractivity contribution < 1.29 is 9.90 Å². The fourth-order valence-corrected chi connectivity index (χ4v) is 2.95. The van der Waals surface area contributed by atoms with E-state index >= 15 is 0 Å². The Bertz CT molecular complexity index is 518. The zero-order valence-corrected chi connectivity index (χ0v) is 15.7. The van der Waals surface area contributed by atoms with Crippen LogP contribution in [0.5, 0.6) is 0 Å². The molecule has 1 fully saturated rings. The number of hydrogen-bond acceptors (Lipinski definition) is 4. The standard InChI is InChI=1S/C18H29ClN4O2/c1-21-10-12-22(13-11-21)9-7-20-18(25)23(8-2-14-24)15-16-3-5-17(19)6-4-16/h3-6,24H,2,7-15H2,1H3,(H,20,25). The monoisotopic (exact) mass is 368 g/mol. The third-order valence-electron chi connectivity index (χ3n) is 4.46. The minimum Gasteiger partial charge on any atom is -0.396 e. The van der Waals surface area contributed by atoms with Gasteiger partial charge in [-0.05, 0) is 31.2 Å². The van der Waals surface area contributed by atoms with Crippen molar-refractivity contribution in [3.63, 3.8) is 0 Å². The van der Waals surface area contributed by atoms with Gasteiger partial charge >= 0.3 is 6.03 Å². The molecule has 2 rings (SSSR count). The molecule has 0 atom stereocenters. The van der Waals surface area contributed by atoms with E-state index in [9.17, 15) is 4.79 Å². The van der Waals surface area contributed by atoms with Crippen LogP contribution < -0.4 is 5.32 Å². The summed E-state index contributed by atoms with van der Waals surface area (Å²) in [5, 5.41) is 12.8. The SMILES string of the molecule is CN1CCN(CCNC(=O)N(CCCO)Cc2ccc(Cl)cc2)CC1. The molecule has 6 nitrogen and oxygen atoms in total. The van der Waals surface area contributed by atoms with E-state index in [0.717, 1.165) is 38.3 Å². The quantitative estimate of drug-likeness (QED) is 0.729. The van der Waals surface area contributed by atoms with Crippen LogP contribution in [0.3, 0.4) is 0 Å². The van der Waals surface area contributed by atoms with Gasteiger partial charge < -0.3 is 20.2 Å². The van der Waals surface area contributed by atoms with Gasteiger partial charge in [-0.15, -0.1) is 0 Å². The normalized spacial score (nSPS) is 16.0. The fraction of sp³-hybridized carbons (Fsp3) is 0.611. The van der Waals surface area contributed by atoms with Gasteiger partial charge in [0.25, 0.3) is 0 Å². The van der Waals surface area contributed by atoms with E-state index in [2.05, 4.69) is 22.2 Å². The molecule has 1 aromatic carbocycles. The van der Waals surface area contributed by atoms with Crippen LogP contribution in [0.4, 0.5) is 4.79 Å². The van der Waals surface area contributed by atoms with Crippen LogP contribution in [-0.4, -0.2) is 85.3 Å². The third kappa shape index (κ3) is 7.20. The summed E-state index contributed by atoms with van der Waals surface area (Å²) >= 11 is 5.91. The number of hydrogen-bond donors (Lipinski definition) is 2. The van der Waals surface area contributed by atoms with Crippen LogP contribution in [0.1, 0.15) is 12.0 Å². The molecule has 7 heteroatoms. The average Bonchev–Trinajstić information content (AvgIpc) is 2.62. The lowest BCUT2D eigenvalue weighted by atomic mass is 10.2. The Morgan fingerprint density at radius 2 is 1.92 bits per heavy atom. The summed E-state index contributed by atoms with van der Waals surface area (Å²) in [7, 11) is 2.13. The van der Waals surface area contributed by atoms with Gasteiger partial charge in [0, 0.05) is 64.0 Å². The molecule has 1 heterocycles. The Balaban J connectivity index is 1.79. The number of rotatable bonds is 8. The second kappa shape index (κ2) is 10.6. The maximum Gasteiger partial charge on any atom is 0.317 e. The second-order valence-corrected chi connectivity index (χ2v) is 6.94. The van der Waals surface area contributed by atoms with Gasteiger partial charge in [0.05, 0.1) is 0 Å². The number of piperazine rings is 1. The predicted octanol–water partition coefficient (Wildman–Crippen LogP) is 1.48. The summed E-state index contributed by atoms with van der Waals surface area (Å²) in [5.74, 6) is 0. The second-order valence-electron chi connectivity index (χ2n) is 6.50. The molecule has 1 aromatic rings. The number of urea groups is 1. The van der Waals surface area contributed by atoms with Crippen LogP contribution in [0.25, 0.3) is 0 Å². The predicted molar refractivity (Wildman–Crippen MR) is 101 cm³/mol. The fourth-order valence-electron chi connectivity index (χ4n) is 2.83. The number of nitrogens with one attached hydrogen (secondary N) is 1. The lowest BCUT2D eigenvalue weighted by Crippen LogP contribution is -2.48. The number of aliphatic hydroxyl groups is 1. The first kappa shape index (κ1) is 20.0. The molecule has 140 valence electrons. The van der Waals surface area contributed by atoms with Crippen molar-refractivity contribution in [3.8, 4) is 0 Å². The summed E-state index contributed by atoms with van der Waals surface area (Å²) in [4.78, 5) is 18.9. The highest BCUT2D eigenvalue weighted by molar-refractivity contribution is 6.30. The first-order chi connectivity index (χ1) is 12.1. The lowest BCUT2D eigenvalue weighted by Gasteiger charge is -2.32. The van der Waals surface area contributed by atoms with Gasteiger partial charge in [-0.2, -0.15) is 0 Å². The summed E-state index contributed by atoms with van der Waals surface area (Å²) < 4.78 is 0. The minimum absolute atomic E-state index is 0.0751. The Labute approximate surface area is 155 Å². The molecule has 1 saturated heterocycles. The third-order valence-corrected chi connectivity index (χ3v) is 4.71. The van der Waals surface area contributed by atoms with Crippen molar-refractivity contribution in [2.24, 2.45) is 0 Å². The van der Waals surface area contributed by atoms with Gasteiger partial charge in [-0.25, -0.2) is 4.79 Å². The molecular formula is C18H29ClN4O2. The van der Waals surface area contributed by atoms with Crippen LogP contribution in [-0.2, 0) is 6.54 Å². The van der Waals surface area contributed by atoms with E-state index in [-0.39, 0.29) is 12.6 Å². The van der Waals surface area contributed by atoms with Gasteiger partial charge in [0.1, 0.15) is 0 Å². The van der Waals surface area contributed by atoms with Gasteiger partial charge in [0.2, 0.25) is 0 Å². The van der Waals surface area contributed by atoms with E-state index < -0.39 is 0 Å². The topological polar surface area (TPSA) is 59.0 Å². The number of halogens is 1. The molecule has 1 aliphatic rings. The molecule has 0 aromatic heterocycles. The number of benzene rings is 1. The smallest absolute Gasteiger partial charge is 0.317 e. The van der Waals surface area contributed by atoms with Crippen LogP contribution in [0, 0.1) is 0 Å². The summed E-state index contributed by atoms with van der Waals surface area (Å²) in [5.41, 5.74) is 1.02. The van der Waals surface area contributed by atoms with Gasteiger partial charge in [0.15, 0.2) is 0 Å². The molecule has 1 aliphatic heterocycles. The first-order valence-corrected chi connectivity index (χ1v) is 9.25. The van der Waals surface area contributed by atoms with Crippen molar-refractivity contribution in [1.29, 1.82) is 0 Å². The Kier molecular flexibility index (Phi) is 8.48. The van der Waals surface area contributed by atoms with E-state index in [1.165, 1.54) is 0 Å². The Hall–Kier alpha value is -1.34. The van der Waals surface area contributed by atoms with Crippen molar-refractivity contribution in [3.05, 3.63) is 34.9 Å². The molecule has 0 radical (unpaired) electrons. The maximum absolute atomic E-state index is 12.5. The molecule has 0 aliphatic carbocycles. The Morgan fingerprint density at radius 3 is 2.56 bits per heavy atom. The Morgan fingerprint density at radius 1 is 1.24 bits per heavy atom. The van der Waals surface area contributed by atoms with Gasteiger partial charge in [-0.3, -0.25) is 4.90 Å². The zero-order chi connectivity index (χ0) is 18.1. The average molecular weight is 369 g/mol. The number of likely N-dealkylation sites (N-methyl/N-ethyl adjacent to an activating group) is 1. The van der Waals surface area contributed by atoms with Crippen molar-refractivity contribution in [2.45, 2.75) is 13.0 Å². The number of nitrogens with zero attached hydrogens (tertiary/aromatic N) is 3. The molecule has 0 saturated carbocycles. The minimum atomic E-state index is -0.0856. The van der Waals surface area contributed by atoms with Crippen molar-refractivity contribution >= 4 is 17.6 Å². The van der Waals surface area contributed by atoms with Crippen molar-refractivity contribution in [1.82, 2.24) is 20.0 Å². The van der Waals surface area contributed by atoms with Crippen LogP contribution in [0.15, 0.2) is 24.3 Å².